The van der Waals surface area contributed by atoms with Crippen LogP contribution in [0.1, 0.15) is 47.2 Å². The van der Waals surface area contributed by atoms with Crippen molar-refractivity contribution in [1.29, 1.82) is 0 Å². The molecule has 2 amide bonds. The van der Waals surface area contributed by atoms with Crippen LogP contribution >= 0.6 is 0 Å². The van der Waals surface area contributed by atoms with Crippen molar-refractivity contribution in [2.45, 2.75) is 32.6 Å². The first kappa shape index (κ1) is 24.4. The topological polar surface area (TPSA) is 77.1 Å². The quantitative estimate of drug-likeness (QED) is 0.584. The molecule has 33 heavy (non-hydrogen) atoms. The Labute approximate surface area is 196 Å². The van der Waals surface area contributed by atoms with Gasteiger partial charge in [-0.2, -0.15) is 0 Å². The van der Waals surface area contributed by atoms with Gasteiger partial charge in [-0.25, -0.2) is 0 Å². The van der Waals surface area contributed by atoms with Crippen LogP contribution in [-0.2, 0) is 4.79 Å². The third-order valence-electron chi connectivity index (χ3n) is 6.26. The molecule has 3 rings (SSSR count). The minimum atomic E-state index is -0.377. The molecule has 0 aromatic heterocycles. The third-order valence-corrected chi connectivity index (χ3v) is 6.26. The Bertz CT molecular complexity index is 965. The summed E-state index contributed by atoms with van der Waals surface area (Å²) in [5.41, 5.74) is 2.45. The molecule has 0 radical (unpaired) electrons. The summed E-state index contributed by atoms with van der Waals surface area (Å²) >= 11 is 0. The fourth-order valence-electron chi connectivity index (χ4n) is 4.39. The van der Waals surface area contributed by atoms with Gasteiger partial charge in [0.25, 0.3) is 5.91 Å². The second kappa shape index (κ2) is 11.1. The van der Waals surface area contributed by atoms with Gasteiger partial charge < -0.3 is 24.4 Å². The summed E-state index contributed by atoms with van der Waals surface area (Å²) in [7, 11) is 4.69. The molecule has 0 unspecified atom stereocenters. The normalized spacial score (nSPS) is 17.5. The Morgan fingerprint density at radius 2 is 1.70 bits per heavy atom. The lowest BCUT2D eigenvalue weighted by Crippen LogP contribution is -2.36. The van der Waals surface area contributed by atoms with Crippen LogP contribution in [0.4, 0.5) is 0 Å². The summed E-state index contributed by atoms with van der Waals surface area (Å²) in [6.45, 7) is 5.42. The van der Waals surface area contributed by atoms with Crippen molar-refractivity contribution in [1.82, 2.24) is 10.2 Å². The number of nitrogens with one attached hydrogen (secondary N) is 1. The number of hydrogen-bond acceptors (Lipinski definition) is 5. The maximum absolute atomic E-state index is 13.3. The molecule has 1 N–H and O–H groups in total. The average Bonchev–Trinajstić information content (AvgIpc) is 3.28. The number of rotatable bonds is 9. The number of ether oxygens (including phenoxy) is 3. The Kier molecular flexibility index (Phi) is 8.20. The zero-order chi connectivity index (χ0) is 24.0. The lowest BCUT2D eigenvalue weighted by molar-refractivity contribution is -0.124. The standard InChI is InChI=1S/C26H34N2O5/c1-6-7-12-27-25(29)21-16-28(26(30)19-11-9-8-10-17(19)2)15-20(21)18-13-22(31-3)24(33-5)23(14-18)32-4/h8-11,13-14,20-21H,6-7,12,15-16H2,1-5H3,(H,27,29)/t20-,21+/m1/s1. The number of carbonyl (C=O) groups excluding carboxylic acids is 2. The number of benzene rings is 2. The highest BCUT2D eigenvalue weighted by Crippen LogP contribution is 2.43. The largest absolute Gasteiger partial charge is 0.493 e. The average molecular weight is 455 g/mol. The van der Waals surface area contributed by atoms with E-state index < -0.39 is 0 Å². The smallest absolute Gasteiger partial charge is 0.254 e. The molecule has 7 heteroatoms. The summed E-state index contributed by atoms with van der Waals surface area (Å²) < 4.78 is 16.5. The van der Waals surface area contributed by atoms with Crippen molar-refractivity contribution in [3.63, 3.8) is 0 Å². The first-order valence-corrected chi connectivity index (χ1v) is 11.4. The van der Waals surface area contributed by atoms with Crippen LogP contribution in [0.3, 0.4) is 0 Å². The Morgan fingerprint density at radius 1 is 1.03 bits per heavy atom. The number of methoxy groups -OCH3 is 3. The second-order valence-electron chi connectivity index (χ2n) is 8.34. The number of hydrogen-bond donors (Lipinski definition) is 1. The molecule has 7 nitrogen and oxygen atoms in total. The fourth-order valence-corrected chi connectivity index (χ4v) is 4.39. The van der Waals surface area contributed by atoms with Crippen molar-refractivity contribution >= 4 is 11.8 Å². The van der Waals surface area contributed by atoms with E-state index in [0.717, 1.165) is 24.0 Å². The van der Waals surface area contributed by atoms with Crippen molar-refractivity contribution < 1.29 is 23.8 Å². The van der Waals surface area contributed by atoms with E-state index in [2.05, 4.69) is 12.2 Å². The van der Waals surface area contributed by atoms with E-state index in [4.69, 9.17) is 14.2 Å². The summed E-state index contributed by atoms with van der Waals surface area (Å²) in [5, 5.41) is 3.05. The zero-order valence-corrected chi connectivity index (χ0v) is 20.1. The van der Waals surface area contributed by atoms with Crippen LogP contribution in [0.15, 0.2) is 36.4 Å². The summed E-state index contributed by atoms with van der Waals surface area (Å²) in [6, 6.07) is 11.3. The van der Waals surface area contributed by atoms with Crippen LogP contribution in [0.25, 0.3) is 0 Å². The molecule has 1 fully saturated rings. The molecule has 0 saturated carbocycles. The molecule has 0 spiro atoms. The minimum Gasteiger partial charge on any atom is -0.493 e. The molecule has 0 bridgehead atoms. The molecule has 1 aliphatic rings. The van der Waals surface area contributed by atoms with Crippen molar-refractivity contribution in [2.75, 3.05) is 41.0 Å². The van der Waals surface area contributed by atoms with Gasteiger partial charge >= 0.3 is 0 Å². The maximum Gasteiger partial charge on any atom is 0.254 e. The Morgan fingerprint density at radius 3 is 2.27 bits per heavy atom. The zero-order valence-electron chi connectivity index (χ0n) is 20.1. The van der Waals surface area contributed by atoms with Crippen LogP contribution < -0.4 is 19.5 Å². The second-order valence-corrected chi connectivity index (χ2v) is 8.34. The van der Waals surface area contributed by atoms with Gasteiger partial charge in [-0.1, -0.05) is 31.5 Å². The van der Waals surface area contributed by atoms with E-state index >= 15 is 0 Å². The van der Waals surface area contributed by atoms with Gasteiger partial charge in [0.05, 0.1) is 27.2 Å². The summed E-state index contributed by atoms with van der Waals surface area (Å²) in [6.07, 6.45) is 1.91. The molecule has 0 aliphatic carbocycles. The first-order chi connectivity index (χ1) is 15.9. The number of nitrogens with zero attached hydrogens (tertiary/aromatic N) is 1. The van der Waals surface area contributed by atoms with Crippen LogP contribution in [-0.4, -0.2) is 57.7 Å². The molecular weight excluding hydrogens is 420 g/mol. The van der Waals surface area contributed by atoms with Gasteiger partial charge in [0.15, 0.2) is 11.5 Å². The highest BCUT2D eigenvalue weighted by Gasteiger charge is 2.41. The van der Waals surface area contributed by atoms with Gasteiger partial charge in [-0.05, 0) is 42.7 Å². The van der Waals surface area contributed by atoms with Crippen LogP contribution in [0.5, 0.6) is 17.2 Å². The number of carbonyl (C=O) groups is 2. The van der Waals surface area contributed by atoms with Crippen molar-refractivity contribution in [2.24, 2.45) is 5.92 Å². The molecule has 1 saturated heterocycles. The van der Waals surface area contributed by atoms with E-state index in [9.17, 15) is 9.59 Å². The third kappa shape index (κ3) is 5.24. The monoisotopic (exact) mass is 454 g/mol. The molecule has 2 atom stereocenters. The molecule has 178 valence electrons. The van der Waals surface area contributed by atoms with E-state index in [1.807, 2.05) is 43.3 Å². The van der Waals surface area contributed by atoms with E-state index in [0.29, 0.717) is 42.4 Å². The number of unbranched alkanes of at least 4 members (excludes halogenated alkanes) is 1. The first-order valence-electron chi connectivity index (χ1n) is 11.4. The predicted molar refractivity (Wildman–Crippen MR) is 127 cm³/mol. The van der Waals surface area contributed by atoms with Gasteiger partial charge in [0, 0.05) is 31.1 Å². The molecule has 2 aromatic rings. The lowest BCUT2D eigenvalue weighted by Gasteiger charge is -2.21. The summed E-state index contributed by atoms with van der Waals surface area (Å²) in [4.78, 5) is 28.3. The molecular formula is C26H34N2O5. The Hall–Kier alpha value is -3.22. The van der Waals surface area contributed by atoms with Gasteiger partial charge in [0.2, 0.25) is 11.7 Å². The fraction of sp³-hybridized carbons (Fsp3) is 0.462. The van der Waals surface area contributed by atoms with E-state index in [-0.39, 0.29) is 23.7 Å². The highest BCUT2D eigenvalue weighted by atomic mass is 16.5. The van der Waals surface area contributed by atoms with Gasteiger partial charge in [-0.15, -0.1) is 0 Å². The van der Waals surface area contributed by atoms with Gasteiger partial charge in [0.1, 0.15) is 0 Å². The lowest BCUT2D eigenvalue weighted by atomic mass is 9.88. The van der Waals surface area contributed by atoms with Gasteiger partial charge in [-0.3, -0.25) is 9.59 Å². The Balaban J connectivity index is 1.97. The number of amides is 2. The number of likely N-dealkylation sites (tertiary alicyclic amines) is 1. The highest BCUT2D eigenvalue weighted by molar-refractivity contribution is 5.96. The molecule has 2 aromatic carbocycles. The van der Waals surface area contributed by atoms with Crippen LogP contribution in [0.2, 0.25) is 0 Å². The predicted octanol–water partition coefficient (Wildman–Crippen LogP) is 3.79. The molecule has 1 heterocycles. The summed E-state index contributed by atoms with van der Waals surface area (Å²) in [5.74, 6) is 0.877. The van der Waals surface area contributed by atoms with Crippen molar-refractivity contribution in [3.05, 3.63) is 53.1 Å². The van der Waals surface area contributed by atoms with E-state index in [1.54, 1.807) is 26.2 Å². The van der Waals surface area contributed by atoms with Crippen molar-refractivity contribution in [3.8, 4) is 17.2 Å². The molecule has 1 aliphatic heterocycles. The number of aryl methyl sites for hydroxylation is 1. The van der Waals surface area contributed by atoms with E-state index in [1.165, 1.54) is 0 Å². The minimum absolute atomic E-state index is 0.0396. The van der Waals surface area contributed by atoms with Crippen LogP contribution in [0, 0.1) is 12.8 Å². The maximum atomic E-state index is 13.3. The SMILES string of the molecule is CCCCNC(=O)[C@H]1CN(C(=O)c2ccccc2C)C[C@@H]1c1cc(OC)c(OC)c(OC)c1.